The highest BCUT2D eigenvalue weighted by atomic mass is 19.4. The van der Waals surface area contributed by atoms with Gasteiger partial charge < -0.3 is 9.15 Å². The van der Waals surface area contributed by atoms with Crippen LogP contribution in [0.15, 0.2) is 51.7 Å². The third kappa shape index (κ3) is 4.67. The highest BCUT2D eigenvalue weighted by Gasteiger charge is 2.33. The second-order valence-electron chi connectivity index (χ2n) is 6.35. The van der Waals surface area contributed by atoms with Gasteiger partial charge in [-0.1, -0.05) is 18.2 Å². The van der Waals surface area contributed by atoms with Crippen LogP contribution in [0.3, 0.4) is 0 Å². The van der Waals surface area contributed by atoms with Crippen molar-refractivity contribution in [2.45, 2.75) is 32.2 Å². The molecule has 1 heterocycles. The number of aryl methyl sites for hydroxylation is 1. The smallest absolute Gasteiger partial charge is 0.419 e. The number of hydrogen-bond donors (Lipinski definition) is 0. The molecule has 0 N–H and O–H groups in total. The van der Waals surface area contributed by atoms with Crippen molar-refractivity contribution in [2.24, 2.45) is 0 Å². The van der Waals surface area contributed by atoms with E-state index >= 15 is 0 Å². The molecule has 0 aliphatic carbocycles. The van der Waals surface area contributed by atoms with Crippen molar-refractivity contribution >= 4 is 22.8 Å². The summed E-state index contributed by atoms with van der Waals surface area (Å²) >= 11 is 0. The second-order valence-corrected chi connectivity index (χ2v) is 6.35. The zero-order valence-corrected chi connectivity index (χ0v) is 15.3. The topological polar surface area (TPSA) is 105 Å². The molecule has 0 fully saturated rings. The predicted octanol–water partition coefficient (Wildman–Crippen LogP) is 4.05. The molecule has 11 heteroatoms. The minimum absolute atomic E-state index is 0.0422. The molecule has 3 aromatic rings. The van der Waals surface area contributed by atoms with Crippen LogP contribution in [0.25, 0.3) is 11.1 Å². The molecule has 0 unspecified atom stereocenters. The number of rotatable bonds is 7. The largest absolute Gasteiger partial charge is 0.461 e. The van der Waals surface area contributed by atoms with Gasteiger partial charge in [0.05, 0.1) is 22.1 Å². The number of esters is 1. The molecular weight excluding hydrogens is 409 g/mol. The van der Waals surface area contributed by atoms with Crippen LogP contribution in [-0.2, 0) is 28.9 Å². The van der Waals surface area contributed by atoms with Gasteiger partial charge >= 0.3 is 17.9 Å². The molecule has 0 atom stereocenters. The predicted molar refractivity (Wildman–Crippen MR) is 97.6 cm³/mol. The summed E-state index contributed by atoms with van der Waals surface area (Å²) in [5, 5.41) is 10.8. The summed E-state index contributed by atoms with van der Waals surface area (Å²) < 4.78 is 50.0. The molecule has 0 aliphatic rings. The fourth-order valence-electron chi connectivity index (χ4n) is 2.91. The first-order valence-electron chi connectivity index (χ1n) is 8.75. The Labute approximate surface area is 166 Å². The number of nitro benzene ring substituents is 1. The molecule has 3 rings (SSSR count). The maximum absolute atomic E-state index is 12.9. The van der Waals surface area contributed by atoms with Gasteiger partial charge in [0.2, 0.25) is 0 Å². The number of hydrogen-bond acceptors (Lipinski definition) is 6. The van der Waals surface area contributed by atoms with Crippen LogP contribution < -0.4 is 5.76 Å². The number of non-ortho nitro benzene ring substituents is 1. The number of nitrogens with zero attached hydrogens (tertiary/aromatic N) is 2. The Kier molecular flexibility index (Phi) is 5.90. The Hall–Kier alpha value is -3.63. The first-order chi connectivity index (χ1) is 14.2. The Morgan fingerprint density at radius 2 is 1.93 bits per heavy atom. The highest BCUT2D eigenvalue weighted by molar-refractivity contribution is 5.75. The summed E-state index contributed by atoms with van der Waals surface area (Å²) in [6.07, 6.45) is -4.53. The quantitative estimate of drug-likeness (QED) is 0.322. The third-order valence-corrected chi connectivity index (χ3v) is 4.34. The van der Waals surface area contributed by atoms with Crippen LogP contribution in [0.5, 0.6) is 0 Å². The van der Waals surface area contributed by atoms with Crippen molar-refractivity contribution in [3.63, 3.8) is 0 Å². The van der Waals surface area contributed by atoms with Gasteiger partial charge in [0, 0.05) is 24.6 Å². The maximum atomic E-state index is 12.9. The monoisotopic (exact) mass is 424 g/mol. The van der Waals surface area contributed by atoms with Gasteiger partial charge in [0.15, 0.2) is 5.58 Å². The number of carbonyl (C=O) groups is 1. The molecular formula is C19H15F3N2O6. The molecule has 30 heavy (non-hydrogen) atoms. The van der Waals surface area contributed by atoms with E-state index in [-0.39, 0.29) is 36.2 Å². The normalized spacial score (nSPS) is 11.6. The maximum Gasteiger partial charge on any atom is 0.419 e. The number of ether oxygens (including phenoxy) is 1. The standard InChI is InChI=1S/C19H15F3N2O6/c20-19(21,22)14-5-2-1-4-12(14)11-29-17(25)6-3-9-23-15-8-7-13(24(27)28)10-16(15)30-18(23)26/h1-2,4-5,7-8,10H,3,6,9,11H2. The van der Waals surface area contributed by atoms with Crippen LogP contribution in [0, 0.1) is 10.1 Å². The van der Waals surface area contributed by atoms with E-state index < -0.39 is 35.0 Å². The summed E-state index contributed by atoms with van der Waals surface area (Å²) in [7, 11) is 0. The van der Waals surface area contributed by atoms with Gasteiger partial charge in [0.1, 0.15) is 6.61 Å². The molecule has 0 saturated carbocycles. The summed E-state index contributed by atoms with van der Waals surface area (Å²) in [5.41, 5.74) is -0.884. The van der Waals surface area contributed by atoms with Crippen molar-refractivity contribution in [1.82, 2.24) is 4.57 Å². The van der Waals surface area contributed by atoms with Gasteiger partial charge in [-0.05, 0) is 18.6 Å². The molecule has 2 aromatic carbocycles. The summed E-state index contributed by atoms with van der Waals surface area (Å²) in [4.78, 5) is 34.0. The van der Waals surface area contributed by atoms with Crippen molar-refractivity contribution < 1.29 is 32.0 Å². The van der Waals surface area contributed by atoms with E-state index in [1.807, 2.05) is 0 Å². The lowest BCUT2D eigenvalue weighted by molar-refractivity contribution is -0.384. The van der Waals surface area contributed by atoms with Gasteiger partial charge in [-0.15, -0.1) is 0 Å². The number of benzene rings is 2. The fraction of sp³-hybridized carbons (Fsp3) is 0.263. The van der Waals surface area contributed by atoms with E-state index in [0.717, 1.165) is 12.1 Å². The Morgan fingerprint density at radius 1 is 1.20 bits per heavy atom. The molecule has 158 valence electrons. The average molecular weight is 424 g/mol. The molecule has 0 aliphatic heterocycles. The lowest BCUT2D eigenvalue weighted by Crippen LogP contribution is -2.16. The van der Waals surface area contributed by atoms with Crippen LogP contribution in [0.2, 0.25) is 0 Å². The lowest BCUT2D eigenvalue weighted by Gasteiger charge is -2.12. The summed E-state index contributed by atoms with van der Waals surface area (Å²) in [5.74, 6) is -1.46. The van der Waals surface area contributed by atoms with Gasteiger partial charge in [-0.3, -0.25) is 19.5 Å². The number of oxazole rings is 1. The van der Waals surface area contributed by atoms with Crippen molar-refractivity contribution in [3.8, 4) is 0 Å². The fourth-order valence-corrected chi connectivity index (χ4v) is 2.91. The minimum Gasteiger partial charge on any atom is -0.461 e. The third-order valence-electron chi connectivity index (χ3n) is 4.34. The van der Waals surface area contributed by atoms with Crippen molar-refractivity contribution in [1.29, 1.82) is 0 Å². The molecule has 1 aromatic heterocycles. The second kappa shape index (κ2) is 8.39. The minimum atomic E-state index is -4.55. The Bertz CT molecular complexity index is 1150. The van der Waals surface area contributed by atoms with Crippen LogP contribution in [0.1, 0.15) is 24.0 Å². The molecule has 8 nitrogen and oxygen atoms in total. The lowest BCUT2D eigenvalue weighted by atomic mass is 10.1. The highest BCUT2D eigenvalue weighted by Crippen LogP contribution is 2.32. The van der Waals surface area contributed by atoms with E-state index in [1.165, 1.54) is 34.9 Å². The number of alkyl halides is 3. The number of halogens is 3. The van der Waals surface area contributed by atoms with Crippen LogP contribution in [0.4, 0.5) is 18.9 Å². The summed E-state index contributed by atoms with van der Waals surface area (Å²) in [6.45, 7) is -0.454. The van der Waals surface area contributed by atoms with Gasteiger partial charge in [-0.25, -0.2) is 4.79 Å². The first kappa shape index (κ1) is 21.1. The van der Waals surface area contributed by atoms with E-state index in [1.54, 1.807) is 0 Å². The molecule has 0 saturated heterocycles. The van der Waals surface area contributed by atoms with Crippen molar-refractivity contribution in [3.05, 3.63) is 74.3 Å². The zero-order chi connectivity index (χ0) is 21.9. The molecule has 0 radical (unpaired) electrons. The molecule has 0 spiro atoms. The Morgan fingerprint density at radius 3 is 2.63 bits per heavy atom. The SMILES string of the molecule is O=C(CCCn1c(=O)oc2cc([N+](=O)[O-])ccc21)OCc1ccccc1C(F)(F)F. The number of fused-ring (bicyclic) bond motifs is 1. The number of carbonyl (C=O) groups excluding carboxylic acids is 1. The first-order valence-corrected chi connectivity index (χ1v) is 8.75. The summed E-state index contributed by atoms with van der Waals surface area (Å²) in [6, 6.07) is 8.51. The Balaban J connectivity index is 1.59. The average Bonchev–Trinajstić information content (AvgIpc) is 3.00. The van der Waals surface area contributed by atoms with Gasteiger partial charge in [0.25, 0.3) is 5.69 Å². The molecule has 0 bridgehead atoms. The zero-order valence-electron chi connectivity index (χ0n) is 15.3. The van der Waals surface area contributed by atoms with E-state index in [2.05, 4.69) is 0 Å². The number of nitro groups is 1. The number of aromatic nitrogens is 1. The van der Waals surface area contributed by atoms with Crippen LogP contribution in [-0.4, -0.2) is 15.5 Å². The van der Waals surface area contributed by atoms with Crippen molar-refractivity contribution in [2.75, 3.05) is 0 Å². The van der Waals surface area contributed by atoms with E-state index in [4.69, 9.17) is 9.15 Å². The van der Waals surface area contributed by atoms with Gasteiger partial charge in [-0.2, -0.15) is 13.2 Å². The molecule has 0 amide bonds. The van der Waals surface area contributed by atoms with E-state index in [0.29, 0.717) is 5.52 Å². The van der Waals surface area contributed by atoms with E-state index in [9.17, 15) is 32.9 Å². The van der Waals surface area contributed by atoms with Crippen LogP contribution >= 0.6 is 0 Å².